The normalized spacial score (nSPS) is 15.1. The van der Waals surface area contributed by atoms with E-state index in [2.05, 4.69) is 60.5 Å². The van der Waals surface area contributed by atoms with E-state index < -0.39 is 0 Å². The van der Waals surface area contributed by atoms with Gasteiger partial charge in [0.15, 0.2) is 0 Å². The number of aryl methyl sites for hydroxylation is 1. The number of nitrogens with one attached hydrogen (secondary N) is 1. The predicted molar refractivity (Wildman–Crippen MR) is 131 cm³/mol. The molecule has 1 N–H and O–H groups in total. The summed E-state index contributed by atoms with van der Waals surface area (Å²) in [5, 5.41) is 3.45. The maximum absolute atomic E-state index is 13.5. The minimum absolute atomic E-state index is 0.160. The Hall–Kier alpha value is -2.39. The quantitative estimate of drug-likeness (QED) is 0.473. The number of carbonyl (C=O) groups is 1. The molecule has 0 bridgehead atoms. The minimum Gasteiger partial charge on any atom is -0.334 e. The van der Waals surface area contributed by atoms with Gasteiger partial charge in [-0.25, -0.2) is 0 Å². The van der Waals surface area contributed by atoms with Crippen LogP contribution in [0.3, 0.4) is 0 Å². The molecule has 1 aliphatic heterocycles. The number of amides is 1. The second-order valence-corrected chi connectivity index (χ2v) is 8.92. The summed E-state index contributed by atoms with van der Waals surface area (Å²) in [7, 11) is 0. The molecule has 1 aliphatic rings. The number of benzene rings is 2. The van der Waals surface area contributed by atoms with Gasteiger partial charge in [-0.2, -0.15) is 0 Å². The molecule has 1 heterocycles. The molecule has 2 aromatic carbocycles. The average Bonchev–Trinajstić information content (AvgIpc) is 2.80. The Kier molecular flexibility index (Phi) is 9.36. The first-order valence-electron chi connectivity index (χ1n) is 12.0. The van der Waals surface area contributed by atoms with E-state index in [4.69, 9.17) is 0 Å². The molecule has 1 fully saturated rings. The summed E-state index contributed by atoms with van der Waals surface area (Å²) in [4.78, 5) is 15.6. The number of unbranched alkanes of at least 4 members (excludes halogenated alkanes) is 2. The monoisotopic (exact) mass is 418 g/mol. The Labute approximate surface area is 188 Å². The summed E-state index contributed by atoms with van der Waals surface area (Å²) in [5.74, 6) is 0.734. The van der Waals surface area contributed by atoms with Gasteiger partial charge in [-0.1, -0.05) is 79.4 Å². The molecule has 0 aliphatic carbocycles. The van der Waals surface area contributed by atoms with Crippen LogP contribution in [0.25, 0.3) is 6.08 Å². The van der Waals surface area contributed by atoms with Gasteiger partial charge in [-0.05, 0) is 69.3 Å². The zero-order valence-corrected chi connectivity index (χ0v) is 19.3. The number of hydrogen-bond donors (Lipinski definition) is 1. The molecular weight excluding hydrogens is 380 g/mol. The second kappa shape index (κ2) is 12.5. The second-order valence-electron chi connectivity index (χ2n) is 8.92. The molecule has 166 valence electrons. The fourth-order valence-electron chi connectivity index (χ4n) is 4.30. The van der Waals surface area contributed by atoms with Gasteiger partial charge in [0.05, 0.1) is 0 Å². The molecule has 0 atom stereocenters. The van der Waals surface area contributed by atoms with E-state index in [0.717, 1.165) is 51.0 Å². The molecular formula is C28H38N2O. The minimum atomic E-state index is 0.160. The molecule has 0 spiro atoms. The highest BCUT2D eigenvalue weighted by molar-refractivity contribution is 5.94. The van der Waals surface area contributed by atoms with Crippen LogP contribution in [-0.4, -0.2) is 37.0 Å². The van der Waals surface area contributed by atoms with Crippen molar-refractivity contribution in [2.75, 3.05) is 26.2 Å². The Morgan fingerprint density at radius 3 is 2.42 bits per heavy atom. The van der Waals surface area contributed by atoms with Crippen LogP contribution in [0.2, 0.25) is 0 Å². The van der Waals surface area contributed by atoms with E-state index in [0.29, 0.717) is 5.92 Å². The summed E-state index contributed by atoms with van der Waals surface area (Å²) in [6.07, 6.45) is 9.25. The molecule has 3 rings (SSSR count). The summed E-state index contributed by atoms with van der Waals surface area (Å²) >= 11 is 0. The lowest BCUT2D eigenvalue weighted by Gasteiger charge is -2.31. The van der Waals surface area contributed by atoms with E-state index >= 15 is 0 Å². The van der Waals surface area contributed by atoms with E-state index in [1.165, 1.54) is 36.0 Å². The fraction of sp³-hybridized carbons (Fsp3) is 0.464. The number of rotatable bonds is 10. The van der Waals surface area contributed by atoms with E-state index in [-0.39, 0.29) is 5.91 Å². The van der Waals surface area contributed by atoms with Crippen molar-refractivity contribution in [3.63, 3.8) is 0 Å². The van der Waals surface area contributed by atoms with Crippen LogP contribution in [0.15, 0.2) is 60.2 Å². The van der Waals surface area contributed by atoms with Crippen LogP contribution in [-0.2, 0) is 0 Å². The predicted octanol–water partition coefficient (Wildman–Crippen LogP) is 6.10. The van der Waals surface area contributed by atoms with Gasteiger partial charge in [0.1, 0.15) is 0 Å². The van der Waals surface area contributed by atoms with E-state index in [1.807, 2.05) is 24.3 Å². The molecule has 0 aromatic heterocycles. The highest BCUT2D eigenvalue weighted by atomic mass is 16.2. The van der Waals surface area contributed by atoms with Crippen molar-refractivity contribution >= 4 is 12.0 Å². The number of carbonyl (C=O) groups excluding carboxylic acids is 1. The molecule has 0 radical (unpaired) electrons. The van der Waals surface area contributed by atoms with Crippen molar-refractivity contribution in [1.82, 2.24) is 10.2 Å². The van der Waals surface area contributed by atoms with Gasteiger partial charge < -0.3 is 10.2 Å². The maximum Gasteiger partial charge on any atom is 0.254 e. The first kappa shape index (κ1) is 23.3. The molecule has 3 nitrogen and oxygen atoms in total. The SMILES string of the molecule is CCCCCC(=Cc1ccccc1)CN(CC1CCNCC1)C(=O)c1ccc(C)cc1. The highest BCUT2D eigenvalue weighted by Crippen LogP contribution is 2.21. The third-order valence-electron chi connectivity index (χ3n) is 6.19. The molecule has 1 amide bonds. The molecule has 1 saturated heterocycles. The Morgan fingerprint density at radius 2 is 1.74 bits per heavy atom. The van der Waals surface area contributed by atoms with Gasteiger partial charge in [0.2, 0.25) is 0 Å². The fourth-order valence-corrected chi connectivity index (χ4v) is 4.30. The third-order valence-corrected chi connectivity index (χ3v) is 6.19. The zero-order chi connectivity index (χ0) is 21.9. The van der Waals surface area contributed by atoms with Gasteiger partial charge in [-0.15, -0.1) is 0 Å². The Bertz CT molecular complexity index is 820. The standard InChI is InChI=1S/C28H38N2O/c1-3-4-6-11-26(20-24-9-7-5-8-10-24)22-30(21-25-16-18-29-19-17-25)28(31)27-14-12-23(2)13-15-27/h5,7-10,12-15,20,25,29H,3-4,6,11,16-19,21-22H2,1-2H3. The van der Waals surface area contributed by atoms with Crippen molar-refractivity contribution in [3.8, 4) is 0 Å². The zero-order valence-electron chi connectivity index (χ0n) is 19.3. The van der Waals surface area contributed by atoms with Crippen LogP contribution < -0.4 is 5.32 Å². The lowest BCUT2D eigenvalue weighted by atomic mass is 9.96. The number of nitrogens with zero attached hydrogens (tertiary/aromatic N) is 1. The van der Waals surface area contributed by atoms with Crippen molar-refractivity contribution in [2.24, 2.45) is 5.92 Å². The largest absolute Gasteiger partial charge is 0.334 e. The van der Waals surface area contributed by atoms with Crippen molar-refractivity contribution in [2.45, 2.75) is 52.4 Å². The van der Waals surface area contributed by atoms with Crippen LogP contribution in [0.4, 0.5) is 0 Å². The first-order valence-corrected chi connectivity index (χ1v) is 12.0. The lowest BCUT2D eigenvalue weighted by Crippen LogP contribution is -2.40. The number of piperidine rings is 1. The van der Waals surface area contributed by atoms with Crippen molar-refractivity contribution in [3.05, 3.63) is 76.9 Å². The number of hydrogen-bond acceptors (Lipinski definition) is 2. The Morgan fingerprint density at radius 1 is 1.03 bits per heavy atom. The maximum atomic E-state index is 13.5. The lowest BCUT2D eigenvalue weighted by molar-refractivity contribution is 0.0732. The van der Waals surface area contributed by atoms with E-state index in [1.54, 1.807) is 0 Å². The van der Waals surface area contributed by atoms with Gasteiger partial charge >= 0.3 is 0 Å². The summed E-state index contributed by atoms with van der Waals surface area (Å²) < 4.78 is 0. The summed E-state index contributed by atoms with van der Waals surface area (Å²) in [6, 6.07) is 18.6. The first-order chi connectivity index (χ1) is 15.2. The van der Waals surface area contributed by atoms with Gasteiger partial charge in [0, 0.05) is 18.7 Å². The Balaban J connectivity index is 1.82. The summed E-state index contributed by atoms with van der Waals surface area (Å²) in [6.45, 7) is 7.98. The summed E-state index contributed by atoms with van der Waals surface area (Å²) in [5.41, 5.74) is 4.56. The van der Waals surface area contributed by atoms with Crippen molar-refractivity contribution in [1.29, 1.82) is 0 Å². The topological polar surface area (TPSA) is 32.3 Å². The smallest absolute Gasteiger partial charge is 0.254 e. The molecule has 2 aromatic rings. The average molecular weight is 419 g/mol. The molecule has 0 saturated carbocycles. The highest BCUT2D eigenvalue weighted by Gasteiger charge is 2.22. The molecule has 0 unspecified atom stereocenters. The van der Waals surface area contributed by atoms with E-state index in [9.17, 15) is 4.79 Å². The van der Waals surface area contributed by atoms with Gasteiger partial charge in [0.25, 0.3) is 5.91 Å². The van der Waals surface area contributed by atoms with Gasteiger partial charge in [-0.3, -0.25) is 4.79 Å². The molecule has 3 heteroatoms. The van der Waals surface area contributed by atoms with Crippen molar-refractivity contribution < 1.29 is 4.79 Å². The van der Waals surface area contributed by atoms with Crippen LogP contribution in [0, 0.1) is 12.8 Å². The van der Waals surface area contributed by atoms with Crippen LogP contribution in [0.5, 0.6) is 0 Å². The van der Waals surface area contributed by atoms with Crippen LogP contribution >= 0.6 is 0 Å². The van der Waals surface area contributed by atoms with Crippen LogP contribution in [0.1, 0.15) is 66.9 Å². The molecule has 31 heavy (non-hydrogen) atoms. The third kappa shape index (κ3) is 7.66.